The van der Waals surface area contributed by atoms with Crippen LogP contribution in [-0.2, 0) is 6.42 Å². The number of rotatable bonds is 13. The monoisotopic (exact) mass is 638 g/mol. The summed E-state index contributed by atoms with van der Waals surface area (Å²) in [5.74, 6) is 3.76. The van der Waals surface area contributed by atoms with Crippen molar-refractivity contribution in [1.82, 2.24) is 15.5 Å². The molecule has 2 unspecified atom stereocenters. The Hall–Kier alpha value is -2.67. The topological polar surface area (TPSA) is 79.3 Å². The van der Waals surface area contributed by atoms with Crippen LogP contribution in [0.15, 0.2) is 98.0 Å². The molecule has 5 nitrogen and oxygen atoms in total. The lowest BCUT2D eigenvalue weighted by molar-refractivity contribution is 0.272. The molecule has 0 amide bonds. The summed E-state index contributed by atoms with van der Waals surface area (Å²) in [6, 6.07) is 21.2. The van der Waals surface area contributed by atoms with Gasteiger partial charge in [-0.15, -0.1) is 0 Å². The third-order valence-corrected chi connectivity index (χ3v) is 8.47. The van der Waals surface area contributed by atoms with Gasteiger partial charge in [0.05, 0.1) is 6.04 Å². The molecule has 254 valence electrons. The molecule has 0 aromatic heterocycles. The molecule has 0 aliphatic carbocycles. The van der Waals surface area contributed by atoms with Gasteiger partial charge in [-0.2, -0.15) is 11.8 Å². The first-order valence-corrected chi connectivity index (χ1v) is 17.8. The van der Waals surface area contributed by atoms with E-state index in [1.807, 2.05) is 30.0 Å². The molecule has 1 aliphatic rings. The number of nitrogens with one attached hydrogen (secondary N) is 2. The second-order valence-corrected chi connectivity index (χ2v) is 14.2. The quantitative estimate of drug-likeness (QED) is 0.178. The van der Waals surface area contributed by atoms with Crippen molar-refractivity contribution in [2.24, 2.45) is 23.3 Å². The van der Waals surface area contributed by atoms with Crippen LogP contribution in [0.4, 0.5) is 0 Å². The maximum atomic E-state index is 5.81. The van der Waals surface area contributed by atoms with Crippen LogP contribution in [0.2, 0.25) is 0 Å². The molecule has 0 saturated carbocycles. The number of nitrogens with zero attached hydrogens (tertiary/aromatic N) is 1. The zero-order valence-electron chi connectivity index (χ0n) is 29.8. The van der Waals surface area contributed by atoms with E-state index in [9.17, 15) is 0 Å². The number of hydrogen-bond donors (Lipinski definition) is 4. The van der Waals surface area contributed by atoms with Crippen molar-refractivity contribution in [3.63, 3.8) is 0 Å². The Morgan fingerprint density at radius 1 is 0.978 bits per heavy atom. The molecule has 3 rings (SSSR count). The summed E-state index contributed by atoms with van der Waals surface area (Å²) in [6.07, 6.45) is 5.51. The summed E-state index contributed by atoms with van der Waals surface area (Å²) >= 11 is 2.04. The molecule has 6 N–H and O–H groups in total. The van der Waals surface area contributed by atoms with E-state index in [4.69, 9.17) is 5.73 Å². The molecule has 2 atom stereocenters. The van der Waals surface area contributed by atoms with Gasteiger partial charge in [-0.3, -0.25) is 0 Å². The van der Waals surface area contributed by atoms with Crippen LogP contribution in [0.1, 0.15) is 71.9 Å². The van der Waals surface area contributed by atoms with Crippen molar-refractivity contribution in [3.8, 4) is 0 Å². The van der Waals surface area contributed by atoms with Crippen molar-refractivity contribution in [2.75, 3.05) is 37.7 Å². The second kappa shape index (κ2) is 25.5. The largest absolute Gasteiger partial charge is 0.405 e. The van der Waals surface area contributed by atoms with Crippen LogP contribution >= 0.6 is 11.8 Å². The van der Waals surface area contributed by atoms with Crippen LogP contribution in [-0.4, -0.2) is 54.2 Å². The Labute approximate surface area is 282 Å². The summed E-state index contributed by atoms with van der Waals surface area (Å²) in [5, 5.41) is 7.41. The molecule has 2 aromatic rings. The van der Waals surface area contributed by atoms with Crippen LogP contribution in [0.5, 0.6) is 0 Å². The fourth-order valence-corrected chi connectivity index (χ4v) is 5.35. The SMILES string of the molecule is C=C(CNC(C)(C)C(C)Cc1ccccc1)NC(CCCN)C(=C)N1CCCSCC1.C=CN.CC(C)C.Cc1ccccc1. The first-order chi connectivity index (χ1) is 21.4. The normalized spacial score (nSPS) is 14.1. The first kappa shape index (κ1) is 42.3. The van der Waals surface area contributed by atoms with Crippen LogP contribution in [0, 0.1) is 18.8 Å². The zero-order valence-corrected chi connectivity index (χ0v) is 30.6. The van der Waals surface area contributed by atoms with E-state index in [1.54, 1.807) is 0 Å². The van der Waals surface area contributed by atoms with Gasteiger partial charge in [-0.25, -0.2) is 0 Å². The predicted octanol–water partition coefficient (Wildman–Crippen LogP) is 8.14. The minimum absolute atomic E-state index is 0.00619. The highest BCUT2D eigenvalue weighted by molar-refractivity contribution is 7.99. The van der Waals surface area contributed by atoms with Gasteiger partial charge in [0.25, 0.3) is 0 Å². The second-order valence-electron chi connectivity index (χ2n) is 13.0. The van der Waals surface area contributed by atoms with Crippen LogP contribution in [0.3, 0.4) is 0 Å². The summed E-state index contributed by atoms with van der Waals surface area (Å²) in [7, 11) is 0. The van der Waals surface area contributed by atoms with Crippen LogP contribution < -0.4 is 22.1 Å². The van der Waals surface area contributed by atoms with E-state index < -0.39 is 0 Å². The Bertz CT molecular complexity index is 1010. The van der Waals surface area contributed by atoms with Gasteiger partial charge in [-0.05, 0) is 82.4 Å². The highest BCUT2D eigenvalue weighted by atomic mass is 32.2. The molecule has 1 saturated heterocycles. The number of hydrogen-bond acceptors (Lipinski definition) is 6. The Balaban J connectivity index is 0.00000114. The zero-order chi connectivity index (χ0) is 34.1. The average Bonchev–Trinajstić information content (AvgIpc) is 3.29. The molecule has 6 heteroatoms. The van der Waals surface area contributed by atoms with E-state index in [0.717, 1.165) is 50.5 Å². The van der Waals surface area contributed by atoms with E-state index in [1.165, 1.54) is 41.0 Å². The summed E-state index contributed by atoms with van der Waals surface area (Å²) in [5.41, 5.74) is 15.3. The van der Waals surface area contributed by atoms with Crippen molar-refractivity contribution in [1.29, 1.82) is 0 Å². The summed E-state index contributed by atoms with van der Waals surface area (Å²) < 4.78 is 0. The highest BCUT2D eigenvalue weighted by Crippen LogP contribution is 2.22. The minimum atomic E-state index is 0.00619. The molecular formula is C39H67N5S. The molecule has 1 heterocycles. The van der Waals surface area contributed by atoms with Crippen molar-refractivity contribution in [3.05, 3.63) is 109 Å². The van der Waals surface area contributed by atoms with Gasteiger partial charge >= 0.3 is 0 Å². The van der Waals surface area contributed by atoms with Gasteiger partial charge in [0.2, 0.25) is 0 Å². The third-order valence-electron chi connectivity index (χ3n) is 7.42. The standard InChI is InChI=1S/C26H44N4S.C7H8.C4H10.C2H5N/c1-21(19-24-11-7-6-8-12-24)26(4,5)28-20-22(2)29-25(13-9-14-27)23(3)30-15-10-17-31-18-16-30;1-7-5-3-2-4-6-7;1-4(2)3;1-2-3/h6-8,11-12,21,25,28-29H,2-3,9-10,13-20,27H2,1,4-5H3;2-6H,1H3;4H,1-3H3;2H,1,3H2. The third kappa shape index (κ3) is 21.7. The van der Waals surface area contributed by atoms with Gasteiger partial charge in [0, 0.05) is 42.3 Å². The van der Waals surface area contributed by atoms with Gasteiger partial charge in [0.1, 0.15) is 0 Å². The molecular weight excluding hydrogens is 571 g/mol. The van der Waals surface area contributed by atoms with Gasteiger partial charge in [-0.1, -0.05) is 114 Å². The smallest absolute Gasteiger partial charge is 0.0653 e. The first-order valence-electron chi connectivity index (χ1n) is 16.7. The molecule has 1 aliphatic heterocycles. The molecule has 1 fully saturated rings. The van der Waals surface area contributed by atoms with Crippen molar-refractivity contribution < 1.29 is 0 Å². The van der Waals surface area contributed by atoms with Gasteiger partial charge < -0.3 is 27.0 Å². The number of nitrogens with two attached hydrogens (primary N) is 2. The predicted molar refractivity (Wildman–Crippen MR) is 204 cm³/mol. The number of thioether (sulfide) groups is 1. The Morgan fingerprint density at radius 2 is 1.53 bits per heavy atom. The molecule has 2 aromatic carbocycles. The lowest BCUT2D eigenvalue weighted by Crippen LogP contribution is -2.48. The molecule has 0 spiro atoms. The van der Waals surface area contributed by atoms with Crippen molar-refractivity contribution in [2.45, 2.75) is 85.7 Å². The van der Waals surface area contributed by atoms with Crippen molar-refractivity contribution >= 4 is 11.8 Å². The fourth-order valence-electron chi connectivity index (χ4n) is 4.46. The Kier molecular flexibility index (Phi) is 24.0. The number of benzene rings is 2. The molecule has 45 heavy (non-hydrogen) atoms. The van der Waals surface area contributed by atoms with E-state index >= 15 is 0 Å². The van der Waals surface area contributed by atoms with Gasteiger partial charge in [0.15, 0.2) is 0 Å². The maximum absolute atomic E-state index is 5.81. The number of aryl methyl sites for hydroxylation is 1. The summed E-state index contributed by atoms with van der Waals surface area (Å²) in [4.78, 5) is 2.46. The Morgan fingerprint density at radius 3 is 2.04 bits per heavy atom. The lowest BCUT2D eigenvalue weighted by Gasteiger charge is -2.35. The van der Waals surface area contributed by atoms with E-state index in [-0.39, 0.29) is 11.6 Å². The van der Waals surface area contributed by atoms with E-state index in [2.05, 4.69) is 132 Å². The average molecular weight is 638 g/mol. The minimum Gasteiger partial charge on any atom is -0.405 e. The lowest BCUT2D eigenvalue weighted by atomic mass is 9.84. The molecule has 0 bridgehead atoms. The van der Waals surface area contributed by atoms with E-state index in [0.29, 0.717) is 12.5 Å². The highest BCUT2D eigenvalue weighted by Gasteiger charge is 2.26. The fraction of sp³-hybridized carbons (Fsp3) is 0.538. The molecule has 0 radical (unpaired) electrons. The maximum Gasteiger partial charge on any atom is 0.0653 e. The summed E-state index contributed by atoms with van der Waals surface area (Å²) in [6.45, 7) is 31.0. The van der Waals surface area contributed by atoms with Crippen LogP contribution in [0.25, 0.3) is 0 Å².